The predicted molar refractivity (Wildman–Crippen MR) is 82.8 cm³/mol. The first-order valence-electron chi connectivity index (χ1n) is 6.70. The van der Waals surface area contributed by atoms with Gasteiger partial charge in [-0.3, -0.25) is 0 Å². The maximum Gasteiger partial charge on any atom is 0.316 e. The Morgan fingerprint density at radius 2 is 1.67 bits per heavy atom. The minimum atomic E-state index is -0.583. The van der Waals surface area contributed by atoms with Crippen LogP contribution >= 0.6 is 0 Å². The second-order valence-corrected chi connectivity index (χ2v) is 4.94. The maximum atomic E-state index is 12.8. The summed E-state index contributed by atoms with van der Waals surface area (Å²) in [5.74, 6) is -0.225. The fraction of sp³-hybridized carbons (Fsp3) is 0.188. The molecule has 0 aromatic heterocycles. The molecule has 0 bridgehead atoms. The van der Waals surface area contributed by atoms with Crippen molar-refractivity contribution >= 4 is 17.4 Å². The number of carbonyl (C=O) groups excluding carboxylic acids is 1. The Kier molecular flexibility index (Phi) is 4.77. The van der Waals surface area contributed by atoms with Gasteiger partial charge in [-0.15, -0.1) is 0 Å². The smallest absolute Gasteiger partial charge is 0.316 e. The number of amides is 2. The molecule has 0 saturated heterocycles. The van der Waals surface area contributed by atoms with Crippen LogP contribution in [0.15, 0.2) is 48.5 Å². The number of halogens is 1. The molecule has 0 heterocycles. The molecule has 4 nitrogen and oxygen atoms in total. The SMILES string of the molecule is CC(Cc1ccc(F)cc1)Nc1ccc(NC(N)=O)cc1. The number of nitrogens with one attached hydrogen (secondary N) is 2. The monoisotopic (exact) mass is 287 g/mol. The van der Waals surface area contributed by atoms with Crippen LogP contribution in [0.1, 0.15) is 12.5 Å². The molecular formula is C16H18FN3O. The normalized spacial score (nSPS) is 11.7. The zero-order chi connectivity index (χ0) is 15.2. The highest BCUT2D eigenvalue weighted by atomic mass is 19.1. The Labute approximate surface area is 123 Å². The number of carbonyl (C=O) groups is 1. The summed E-state index contributed by atoms with van der Waals surface area (Å²) in [7, 11) is 0. The molecule has 2 amide bonds. The number of urea groups is 1. The Morgan fingerprint density at radius 3 is 2.24 bits per heavy atom. The van der Waals surface area contributed by atoms with Crippen LogP contribution in [0.2, 0.25) is 0 Å². The highest BCUT2D eigenvalue weighted by Gasteiger charge is 2.04. The Bertz CT molecular complexity index is 596. The Balaban J connectivity index is 1.91. The second kappa shape index (κ2) is 6.74. The van der Waals surface area contributed by atoms with E-state index in [1.807, 2.05) is 12.1 Å². The number of hydrogen-bond donors (Lipinski definition) is 3. The lowest BCUT2D eigenvalue weighted by atomic mass is 10.1. The highest BCUT2D eigenvalue weighted by Crippen LogP contribution is 2.15. The maximum absolute atomic E-state index is 12.8. The van der Waals surface area contributed by atoms with Crippen molar-refractivity contribution in [1.29, 1.82) is 0 Å². The predicted octanol–water partition coefficient (Wildman–Crippen LogP) is 3.36. The summed E-state index contributed by atoms with van der Waals surface area (Å²) in [4.78, 5) is 10.7. The van der Waals surface area contributed by atoms with Gasteiger partial charge >= 0.3 is 6.03 Å². The summed E-state index contributed by atoms with van der Waals surface area (Å²) in [6.45, 7) is 2.05. The quantitative estimate of drug-likeness (QED) is 0.789. The average Bonchev–Trinajstić information content (AvgIpc) is 2.43. The van der Waals surface area contributed by atoms with Gasteiger partial charge in [0.05, 0.1) is 0 Å². The summed E-state index contributed by atoms with van der Waals surface area (Å²) in [5, 5.41) is 5.85. The van der Waals surface area contributed by atoms with Gasteiger partial charge in [0.2, 0.25) is 0 Å². The van der Waals surface area contributed by atoms with Crippen LogP contribution < -0.4 is 16.4 Å². The zero-order valence-corrected chi connectivity index (χ0v) is 11.8. The molecule has 1 unspecified atom stereocenters. The standard InChI is InChI=1S/C16H18FN3O/c1-11(10-12-2-4-13(17)5-3-12)19-14-6-8-15(9-7-14)20-16(18)21/h2-9,11,19H,10H2,1H3,(H3,18,20,21). The third-order valence-corrected chi connectivity index (χ3v) is 3.02. The molecule has 0 aliphatic carbocycles. The first kappa shape index (κ1) is 14.8. The van der Waals surface area contributed by atoms with Gasteiger partial charge in [0.1, 0.15) is 5.82 Å². The molecule has 0 aliphatic rings. The van der Waals surface area contributed by atoms with E-state index >= 15 is 0 Å². The third kappa shape index (κ3) is 4.80. The molecular weight excluding hydrogens is 269 g/mol. The molecule has 110 valence electrons. The lowest BCUT2D eigenvalue weighted by molar-refractivity contribution is 0.259. The minimum absolute atomic E-state index is 0.199. The van der Waals surface area contributed by atoms with Crippen LogP contribution in [0.5, 0.6) is 0 Å². The molecule has 4 N–H and O–H groups in total. The van der Waals surface area contributed by atoms with Crippen LogP contribution in [-0.2, 0) is 6.42 Å². The molecule has 5 heteroatoms. The van der Waals surface area contributed by atoms with E-state index in [-0.39, 0.29) is 11.9 Å². The highest BCUT2D eigenvalue weighted by molar-refractivity contribution is 5.87. The summed E-state index contributed by atoms with van der Waals surface area (Å²) < 4.78 is 12.8. The van der Waals surface area contributed by atoms with E-state index in [1.165, 1.54) is 12.1 Å². The number of rotatable bonds is 5. The zero-order valence-electron chi connectivity index (χ0n) is 11.8. The van der Waals surface area contributed by atoms with Gasteiger partial charge in [0, 0.05) is 17.4 Å². The molecule has 0 spiro atoms. The van der Waals surface area contributed by atoms with Crippen molar-refractivity contribution in [3.63, 3.8) is 0 Å². The van der Waals surface area contributed by atoms with Gasteiger partial charge in [-0.25, -0.2) is 9.18 Å². The van der Waals surface area contributed by atoms with Gasteiger partial charge in [0.15, 0.2) is 0 Å². The van der Waals surface area contributed by atoms with Crippen molar-refractivity contribution in [1.82, 2.24) is 0 Å². The van der Waals surface area contributed by atoms with E-state index in [0.717, 1.165) is 17.7 Å². The molecule has 0 saturated carbocycles. The van der Waals surface area contributed by atoms with Crippen LogP contribution in [0.3, 0.4) is 0 Å². The van der Waals surface area contributed by atoms with Crippen LogP contribution in [0, 0.1) is 5.82 Å². The molecule has 0 radical (unpaired) electrons. The Hall–Kier alpha value is -2.56. The summed E-state index contributed by atoms with van der Waals surface area (Å²) in [6.07, 6.45) is 0.793. The van der Waals surface area contributed by atoms with Crippen molar-refractivity contribution in [2.45, 2.75) is 19.4 Å². The van der Waals surface area contributed by atoms with Gasteiger partial charge in [-0.1, -0.05) is 12.1 Å². The lowest BCUT2D eigenvalue weighted by Gasteiger charge is -2.15. The largest absolute Gasteiger partial charge is 0.382 e. The Morgan fingerprint density at radius 1 is 1.10 bits per heavy atom. The molecule has 21 heavy (non-hydrogen) atoms. The van der Waals surface area contributed by atoms with Crippen molar-refractivity contribution in [3.8, 4) is 0 Å². The minimum Gasteiger partial charge on any atom is -0.382 e. The van der Waals surface area contributed by atoms with E-state index in [1.54, 1.807) is 24.3 Å². The number of hydrogen-bond acceptors (Lipinski definition) is 2. The fourth-order valence-corrected chi connectivity index (χ4v) is 2.10. The average molecular weight is 287 g/mol. The topological polar surface area (TPSA) is 67.2 Å². The van der Waals surface area contributed by atoms with Crippen molar-refractivity contribution in [2.75, 3.05) is 10.6 Å². The van der Waals surface area contributed by atoms with E-state index in [9.17, 15) is 9.18 Å². The number of primary amides is 1. The van der Waals surface area contributed by atoms with Gasteiger partial charge in [0.25, 0.3) is 0 Å². The lowest BCUT2D eigenvalue weighted by Crippen LogP contribution is -2.19. The summed E-state index contributed by atoms with van der Waals surface area (Å²) in [6, 6.07) is 13.4. The summed E-state index contributed by atoms with van der Waals surface area (Å²) in [5.41, 5.74) is 7.72. The molecule has 2 aromatic rings. The molecule has 2 aromatic carbocycles. The fourth-order valence-electron chi connectivity index (χ4n) is 2.10. The number of nitrogens with two attached hydrogens (primary N) is 1. The van der Waals surface area contributed by atoms with Crippen LogP contribution in [0.4, 0.5) is 20.6 Å². The number of benzene rings is 2. The molecule has 1 atom stereocenters. The van der Waals surface area contributed by atoms with Crippen LogP contribution in [-0.4, -0.2) is 12.1 Å². The number of anilines is 2. The van der Waals surface area contributed by atoms with Crippen molar-refractivity contribution < 1.29 is 9.18 Å². The third-order valence-electron chi connectivity index (χ3n) is 3.02. The van der Waals surface area contributed by atoms with E-state index in [2.05, 4.69) is 17.6 Å². The van der Waals surface area contributed by atoms with E-state index in [0.29, 0.717) is 5.69 Å². The van der Waals surface area contributed by atoms with E-state index in [4.69, 9.17) is 5.73 Å². The van der Waals surface area contributed by atoms with Gasteiger partial charge in [-0.05, 0) is 55.3 Å². The van der Waals surface area contributed by atoms with Gasteiger partial charge < -0.3 is 16.4 Å². The van der Waals surface area contributed by atoms with E-state index < -0.39 is 6.03 Å². The second-order valence-electron chi connectivity index (χ2n) is 4.94. The van der Waals surface area contributed by atoms with Crippen molar-refractivity contribution in [2.24, 2.45) is 5.73 Å². The molecule has 2 rings (SSSR count). The molecule has 0 fully saturated rings. The molecule has 0 aliphatic heterocycles. The first-order valence-corrected chi connectivity index (χ1v) is 6.70. The van der Waals surface area contributed by atoms with Crippen molar-refractivity contribution in [3.05, 3.63) is 59.9 Å². The first-order chi connectivity index (χ1) is 10.0. The summed E-state index contributed by atoms with van der Waals surface area (Å²) >= 11 is 0. The van der Waals surface area contributed by atoms with Crippen LogP contribution in [0.25, 0.3) is 0 Å². The van der Waals surface area contributed by atoms with Gasteiger partial charge in [-0.2, -0.15) is 0 Å².